The number of carbonyl (C=O) groups excluding carboxylic acids is 2. The van der Waals surface area contributed by atoms with E-state index >= 15 is 0 Å². The summed E-state index contributed by atoms with van der Waals surface area (Å²) in [5, 5.41) is 6.35. The predicted octanol–water partition coefficient (Wildman–Crippen LogP) is 2.46. The lowest BCUT2D eigenvalue weighted by Gasteiger charge is -2.29. The van der Waals surface area contributed by atoms with Crippen molar-refractivity contribution in [2.45, 2.75) is 45.6 Å². The Kier molecular flexibility index (Phi) is 4.63. The fourth-order valence-electron chi connectivity index (χ4n) is 4.03. The highest BCUT2D eigenvalue weighted by Crippen LogP contribution is 2.35. The Morgan fingerprint density at radius 3 is 2.71 bits per heavy atom. The van der Waals surface area contributed by atoms with Crippen LogP contribution in [0.2, 0.25) is 0 Å². The molecule has 130 valence electrons. The molecule has 2 fully saturated rings. The van der Waals surface area contributed by atoms with Crippen LogP contribution in [0.1, 0.15) is 42.9 Å². The first-order chi connectivity index (χ1) is 11.5. The SMILES string of the molecule is CCC1(c2ccc(C)cc2C)NC(=O)N(CC2CCCNC2)C1=O. The molecular weight excluding hydrogens is 302 g/mol. The molecule has 3 rings (SSSR count). The molecule has 24 heavy (non-hydrogen) atoms. The molecule has 2 atom stereocenters. The number of rotatable bonds is 4. The van der Waals surface area contributed by atoms with Gasteiger partial charge in [0.15, 0.2) is 0 Å². The second-order valence-corrected chi connectivity index (χ2v) is 7.14. The van der Waals surface area contributed by atoms with Crippen molar-refractivity contribution in [2.75, 3.05) is 19.6 Å². The number of nitrogens with zero attached hydrogens (tertiary/aromatic N) is 1. The van der Waals surface area contributed by atoms with Gasteiger partial charge in [-0.2, -0.15) is 0 Å². The molecule has 0 saturated carbocycles. The monoisotopic (exact) mass is 329 g/mol. The number of amides is 3. The maximum atomic E-state index is 13.2. The van der Waals surface area contributed by atoms with Crippen LogP contribution in [0.5, 0.6) is 0 Å². The van der Waals surface area contributed by atoms with Crippen molar-refractivity contribution in [3.05, 3.63) is 34.9 Å². The van der Waals surface area contributed by atoms with Gasteiger partial charge in [-0.3, -0.25) is 9.69 Å². The van der Waals surface area contributed by atoms with Crippen molar-refractivity contribution in [2.24, 2.45) is 5.92 Å². The molecule has 0 spiro atoms. The molecule has 0 aromatic heterocycles. The third kappa shape index (κ3) is 2.81. The molecule has 3 amide bonds. The summed E-state index contributed by atoms with van der Waals surface area (Å²) < 4.78 is 0. The van der Waals surface area contributed by atoms with Gasteiger partial charge in [0.25, 0.3) is 5.91 Å². The summed E-state index contributed by atoms with van der Waals surface area (Å²) in [4.78, 5) is 27.2. The minimum atomic E-state index is -0.920. The maximum absolute atomic E-state index is 13.2. The second-order valence-electron chi connectivity index (χ2n) is 7.14. The van der Waals surface area contributed by atoms with Gasteiger partial charge < -0.3 is 10.6 Å². The van der Waals surface area contributed by atoms with Crippen LogP contribution < -0.4 is 10.6 Å². The summed E-state index contributed by atoms with van der Waals surface area (Å²) >= 11 is 0. The normalized spacial score (nSPS) is 27.5. The van der Waals surface area contributed by atoms with E-state index in [1.807, 2.05) is 32.9 Å². The van der Waals surface area contributed by atoms with Gasteiger partial charge in [-0.25, -0.2) is 4.79 Å². The summed E-state index contributed by atoms with van der Waals surface area (Å²) in [6, 6.07) is 5.80. The molecule has 0 bridgehead atoms. The van der Waals surface area contributed by atoms with Gasteiger partial charge in [-0.05, 0) is 63.2 Å². The zero-order chi connectivity index (χ0) is 17.3. The van der Waals surface area contributed by atoms with Crippen molar-refractivity contribution in [3.8, 4) is 0 Å². The third-order valence-electron chi connectivity index (χ3n) is 5.39. The quantitative estimate of drug-likeness (QED) is 0.834. The van der Waals surface area contributed by atoms with E-state index in [1.54, 1.807) is 0 Å². The first-order valence-corrected chi connectivity index (χ1v) is 8.90. The summed E-state index contributed by atoms with van der Waals surface area (Å²) in [6.07, 6.45) is 2.72. The third-order valence-corrected chi connectivity index (χ3v) is 5.39. The molecule has 5 nitrogen and oxygen atoms in total. The van der Waals surface area contributed by atoms with Gasteiger partial charge in [0.05, 0.1) is 0 Å². The zero-order valence-corrected chi connectivity index (χ0v) is 14.8. The largest absolute Gasteiger partial charge is 0.325 e. The Labute approximate surface area is 143 Å². The Morgan fingerprint density at radius 1 is 1.29 bits per heavy atom. The average molecular weight is 329 g/mol. The highest BCUT2D eigenvalue weighted by molar-refractivity contribution is 6.07. The zero-order valence-electron chi connectivity index (χ0n) is 14.8. The van der Waals surface area contributed by atoms with E-state index < -0.39 is 5.54 Å². The summed E-state index contributed by atoms with van der Waals surface area (Å²) in [7, 11) is 0. The van der Waals surface area contributed by atoms with E-state index in [0.717, 1.165) is 42.6 Å². The second kappa shape index (κ2) is 6.55. The van der Waals surface area contributed by atoms with Gasteiger partial charge in [0, 0.05) is 6.54 Å². The number of urea groups is 1. The number of hydrogen-bond acceptors (Lipinski definition) is 3. The molecule has 2 heterocycles. The van der Waals surface area contributed by atoms with Gasteiger partial charge in [-0.15, -0.1) is 0 Å². The van der Waals surface area contributed by atoms with Gasteiger partial charge in [0.2, 0.25) is 0 Å². The van der Waals surface area contributed by atoms with E-state index in [2.05, 4.69) is 16.7 Å². The number of hydrogen-bond donors (Lipinski definition) is 2. The molecule has 0 radical (unpaired) electrons. The Balaban J connectivity index is 1.89. The molecular formula is C19H27N3O2. The predicted molar refractivity (Wildman–Crippen MR) is 93.7 cm³/mol. The molecule has 2 N–H and O–H groups in total. The van der Waals surface area contributed by atoms with E-state index in [0.29, 0.717) is 18.9 Å². The lowest BCUT2D eigenvalue weighted by Crippen LogP contribution is -2.45. The van der Waals surface area contributed by atoms with Crippen molar-refractivity contribution in [3.63, 3.8) is 0 Å². The molecule has 2 saturated heterocycles. The number of benzene rings is 1. The van der Waals surface area contributed by atoms with E-state index in [4.69, 9.17) is 0 Å². The van der Waals surface area contributed by atoms with Gasteiger partial charge in [-0.1, -0.05) is 30.7 Å². The first-order valence-electron chi connectivity index (χ1n) is 8.90. The molecule has 0 aliphatic carbocycles. The van der Waals surface area contributed by atoms with Gasteiger partial charge in [0.1, 0.15) is 5.54 Å². The maximum Gasteiger partial charge on any atom is 0.325 e. The summed E-state index contributed by atoms with van der Waals surface area (Å²) in [5.74, 6) is 0.243. The molecule has 5 heteroatoms. The van der Waals surface area contributed by atoms with Crippen molar-refractivity contribution < 1.29 is 9.59 Å². The van der Waals surface area contributed by atoms with Crippen LogP contribution in [0.4, 0.5) is 4.79 Å². The van der Waals surface area contributed by atoms with Crippen LogP contribution in [0.25, 0.3) is 0 Å². The van der Waals surface area contributed by atoms with E-state index in [1.165, 1.54) is 4.90 Å². The highest BCUT2D eigenvalue weighted by Gasteiger charge is 2.52. The number of piperidine rings is 1. The van der Waals surface area contributed by atoms with Crippen LogP contribution in [0.3, 0.4) is 0 Å². The Hall–Kier alpha value is -1.88. The Bertz CT molecular complexity index is 652. The van der Waals surface area contributed by atoms with Crippen LogP contribution >= 0.6 is 0 Å². The number of imide groups is 1. The molecule has 1 aromatic rings. The standard InChI is InChI=1S/C19H27N3O2/c1-4-19(16-8-7-13(2)10-14(16)3)17(23)22(18(24)21-19)12-15-6-5-9-20-11-15/h7-8,10,15,20H,4-6,9,11-12H2,1-3H3,(H,21,24). The lowest BCUT2D eigenvalue weighted by molar-refractivity contribution is -0.132. The van der Waals surface area contributed by atoms with Crippen LogP contribution in [-0.4, -0.2) is 36.5 Å². The van der Waals surface area contributed by atoms with Crippen LogP contribution in [-0.2, 0) is 10.3 Å². The topological polar surface area (TPSA) is 61.4 Å². The number of carbonyl (C=O) groups is 2. The highest BCUT2D eigenvalue weighted by atomic mass is 16.2. The molecule has 2 aliphatic rings. The van der Waals surface area contributed by atoms with Crippen LogP contribution in [0, 0.1) is 19.8 Å². The minimum absolute atomic E-state index is 0.104. The van der Waals surface area contributed by atoms with Crippen LogP contribution in [0.15, 0.2) is 18.2 Å². The smallest absolute Gasteiger partial charge is 0.319 e. The van der Waals surface area contributed by atoms with Crippen molar-refractivity contribution in [1.82, 2.24) is 15.5 Å². The van der Waals surface area contributed by atoms with E-state index in [9.17, 15) is 9.59 Å². The first kappa shape index (κ1) is 17.0. The summed E-state index contributed by atoms with van der Waals surface area (Å²) in [6.45, 7) is 8.41. The summed E-state index contributed by atoms with van der Waals surface area (Å²) in [5.41, 5.74) is 2.20. The van der Waals surface area contributed by atoms with Gasteiger partial charge >= 0.3 is 6.03 Å². The molecule has 1 aromatic carbocycles. The van der Waals surface area contributed by atoms with E-state index in [-0.39, 0.29) is 11.9 Å². The number of nitrogens with one attached hydrogen (secondary N) is 2. The van der Waals surface area contributed by atoms with Crippen molar-refractivity contribution >= 4 is 11.9 Å². The molecule has 2 unspecified atom stereocenters. The molecule has 2 aliphatic heterocycles. The Morgan fingerprint density at radius 2 is 2.08 bits per heavy atom. The van der Waals surface area contributed by atoms with Crippen molar-refractivity contribution in [1.29, 1.82) is 0 Å². The fraction of sp³-hybridized carbons (Fsp3) is 0.579. The minimum Gasteiger partial charge on any atom is -0.319 e. The lowest BCUT2D eigenvalue weighted by atomic mass is 9.83. The fourth-order valence-corrected chi connectivity index (χ4v) is 4.03. The number of aryl methyl sites for hydroxylation is 2. The average Bonchev–Trinajstić information content (AvgIpc) is 2.81.